The minimum absolute atomic E-state index is 0.00516. The lowest BCUT2D eigenvalue weighted by Gasteiger charge is -2.25. The Hall–Kier alpha value is -3.22. The molecule has 0 saturated carbocycles. The van der Waals surface area contributed by atoms with E-state index in [0.717, 1.165) is 5.56 Å². The summed E-state index contributed by atoms with van der Waals surface area (Å²) in [6, 6.07) is 11.4. The van der Waals surface area contributed by atoms with Gasteiger partial charge in [0, 0.05) is 36.7 Å². The second kappa shape index (κ2) is 6.83. The molecule has 3 amide bonds. The molecule has 2 aromatic rings. The fourth-order valence-electron chi connectivity index (χ4n) is 3.61. The third-order valence-corrected chi connectivity index (χ3v) is 4.97. The van der Waals surface area contributed by atoms with Gasteiger partial charge >= 0.3 is 0 Å². The Morgan fingerprint density at radius 3 is 2.70 bits per heavy atom. The second-order valence-corrected chi connectivity index (χ2v) is 6.86. The summed E-state index contributed by atoms with van der Waals surface area (Å²) in [5.41, 5.74) is 2.49. The van der Waals surface area contributed by atoms with Crippen molar-refractivity contribution in [1.82, 2.24) is 5.32 Å². The van der Waals surface area contributed by atoms with Crippen LogP contribution in [0.1, 0.15) is 35.8 Å². The first-order valence-electron chi connectivity index (χ1n) is 8.76. The van der Waals surface area contributed by atoms with Crippen LogP contribution in [0.2, 0.25) is 0 Å². The highest BCUT2D eigenvalue weighted by atomic mass is 19.1. The van der Waals surface area contributed by atoms with E-state index in [4.69, 9.17) is 0 Å². The van der Waals surface area contributed by atoms with Crippen molar-refractivity contribution in [3.05, 3.63) is 59.4 Å². The molecule has 0 bridgehead atoms. The molecule has 0 aromatic heterocycles. The van der Waals surface area contributed by atoms with Gasteiger partial charge < -0.3 is 16.0 Å². The molecule has 2 aliphatic rings. The van der Waals surface area contributed by atoms with Crippen LogP contribution in [-0.4, -0.2) is 24.3 Å². The van der Waals surface area contributed by atoms with Gasteiger partial charge in [-0.2, -0.15) is 0 Å². The summed E-state index contributed by atoms with van der Waals surface area (Å²) in [5, 5.41) is 8.25. The fraction of sp³-hybridized carbons (Fsp3) is 0.250. The first kappa shape index (κ1) is 17.2. The predicted molar refractivity (Wildman–Crippen MR) is 97.8 cm³/mol. The normalized spacial score (nSPS) is 21.2. The zero-order chi connectivity index (χ0) is 19.0. The van der Waals surface area contributed by atoms with Crippen LogP contribution in [0.25, 0.3) is 0 Å². The summed E-state index contributed by atoms with van der Waals surface area (Å²) < 4.78 is 13.4. The van der Waals surface area contributed by atoms with Crippen LogP contribution in [-0.2, 0) is 14.4 Å². The van der Waals surface area contributed by atoms with E-state index in [-0.39, 0.29) is 30.1 Å². The molecule has 1 fully saturated rings. The van der Waals surface area contributed by atoms with Crippen molar-refractivity contribution in [2.75, 3.05) is 17.2 Å². The van der Waals surface area contributed by atoms with E-state index >= 15 is 0 Å². The van der Waals surface area contributed by atoms with Gasteiger partial charge in [0.15, 0.2) is 0 Å². The molecule has 2 heterocycles. The highest BCUT2D eigenvalue weighted by Gasteiger charge is 2.31. The zero-order valence-corrected chi connectivity index (χ0v) is 14.4. The quantitative estimate of drug-likeness (QED) is 0.779. The van der Waals surface area contributed by atoms with Crippen molar-refractivity contribution in [2.45, 2.75) is 24.7 Å². The van der Waals surface area contributed by atoms with E-state index in [0.29, 0.717) is 29.9 Å². The van der Waals surface area contributed by atoms with Gasteiger partial charge in [-0.15, -0.1) is 0 Å². The molecule has 1 saturated heterocycles. The van der Waals surface area contributed by atoms with Gasteiger partial charge in [0.2, 0.25) is 17.7 Å². The van der Waals surface area contributed by atoms with Crippen LogP contribution < -0.4 is 16.0 Å². The van der Waals surface area contributed by atoms with E-state index in [1.165, 1.54) is 18.2 Å². The van der Waals surface area contributed by atoms with Crippen molar-refractivity contribution < 1.29 is 18.8 Å². The van der Waals surface area contributed by atoms with Crippen LogP contribution in [0, 0.1) is 5.82 Å². The maximum atomic E-state index is 13.4. The molecular weight excluding hydrogens is 349 g/mol. The number of fused-ring (bicyclic) bond motifs is 1. The number of rotatable bonds is 3. The lowest BCUT2D eigenvalue weighted by molar-refractivity contribution is -0.123. The lowest BCUT2D eigenvalue weighted by atomic mass is 9.89. The standard InChI is InChI=1S/C20H18FN3O3/c21-13-4-5-15-16(9-19(26)24-17(15)8-13)20(27)23-14-3-1-2-11(6-14)12-7-18(25)22-10-12/h1-6,8,12,16H,7,9-10H2,(H,22,25)(H,23,27)(H,24,26). The topological polar surface area (TPSA) is 87.3 Å². The molecule has 0 radical (unpaired) electrons. The molecule has 2 aromatic carbocycles. The highest BCUT2D eigenvalue weighted by molar-refractivity contribution is 6.05. The molecule has 7 heteroatoms. The van der Waals surface area contributed by atoms with Crippen LogP contribution >= 0.6 is 0 Å². The van der Waals surface area contributed by atoms with Crippen molar-refractivity contribution >= 4 is 29.1 Å². The number of hydrogen-bond acceptors (Lipinski definition) is 3. The van der Waals surface area contributed by atoms with Crippen molar-refractivity contribution in [3.8, 4) is 0 Å². The number of nitrogens with one attached hydrogen (secondary N) is 3. The van der Waals surface area contributed by atoms with Crippen LogP contribution in [0.4, 0.5) is 15.8 Å². The van der Waals surface area contributed by atoms with E-state index in [1.807, 2.05) is 18.2 Å². The number of hydrogen-bond donors (Lipinski definition) is 3. The SMILES string of the molecule is O=C1CC(c2cccc(NC(=O)C3CC(=O)Nc4cc(F)ccc43)c2)CN1. The highest BCUT2D eigenvalue weighted by Crippen LogP contribution is 2.34. The third kappa shape index (κ3) is 3.53. The number of halogens is 1. The molecular formula is C20H18FN3O3. The molecule has 3 N–H and O–H groups in total. The smallest absolute Gasteiger partial charge is 0.232 e. The average Bonchev–Trinajstić information content (AvgIpc) is 3.07. The molecule has 2 aliphatic heterocycles. The van der Waals surface area contributed by atoms with Crippen LogP contribution in [0.5, 0.6) is 0 Å². The van der Waals surface area contributed by atoms with E-state index in [1.54, 1.807) is 6.07 Å². The molecule has 2 atom stereocenters. The Balaban J connectivity index is 1.55. The Morgan fingerprint density at radius 1 is 1.07 bits per heavy atom. The van der Waals surface area contributed by atoms with Gasteiger partial charge in [0.05, 0.1) is 5.92 Å². The van der Waals surface area contributed by atoms with E-state index in [2.05, 4.69) is 16.0 Å². The van der Waals surface area contributed by atoms with Gasteiger partial charge in [-0.25, -0.2) is 4.39 Å². The van der Waals surface area contributed by atoms with Crippen molar-refractivity contribution in [3.63, 3.8) is 0 Å². The monoisotopic (exact) mass is 367 g/mol. The molecule has 138 valence electrons. The van der Waals surface area contributed by atoms with Crippen LogP contribution in [0.3, 0.4) is 0 Å². The van der Waals surface area contributed by atoms with E-state index in [9.17, 15) is 18.8 Å². The number of amides is 3. The van der Waals surface area contributed by atoms with Gasteiger partial charge in [-0.05, 0) is 35.4 Å². The summed E-state index contributed by atoms with van der Waals surface area (Å²) in [4.78, 5) is 36.1. The predicted octanol–water partition coefficient (Wildman–Crippen LogP) is 2.49. The lowest BCUT2D eigenvalue weighted by Crippen LogP contribution is -2.30. The van der Waals surface area contributed by atoms with E-state index < -0.39 is 11.7 Å². The third-order valence-electron chi connectivity index (χ3n) is 4.97. The minimum atomic E-state index is -0.687. The molecule has 0 aliphatic carbocycles. The Labute approximate surface area is 155 Å². The number of carbonyl (C=O) groups is 3. The molecule has 6 nitrogen and oxygen atoms in total. The van der Waals surface area contributed by atoms with Gasteiger partial charge in [-0.3, -0.25) is 14.4 Å². The summed E-state index contributed by atoms with van der Waals surface area (Å²) in [5.74, 6) is -1.70. The zero-order valence-electron chi connectivity index (χ0n) is 14.4. The molecule has 4 rings (SSSR count). The largest absolute Gasteiger partial charge is 0.355 e. The van der Waals surface area contributed by atoms with Gasteiger partial charge in [-0.1, -0.05) is 18.2 Å². The van der Waals surface area contributed by atoms with Crippen molar-refractivity contribution in [2.24, 2.45) is 0 Å². The second-order valence-electron chi connectivity index (χ2n) is 6.86. The number of anilines is 2. The Kier molecular flexibility index (Phi) is 4.35. The van der Waals surface area contributed by atoms with Gasteiger partial charge in [0.1, 0.15) is 5.82 Å². The summed E-state index contributed by atoms with van der Waals surface area (Å²) >= 11 is 0. The van der Waals surface area contributed by atoms with Gasteiger partial charge in [0.25, 0.3) is 0 Å². The maximum absolute atomic E-state index is 13.4. The molecule has 27 heavy (non-hydrogen) atoms. The van der Waals surface area contributed by atoms with Crippen molar-refractivity contribution in [1.29, 1.82) is 0 Å². The Morgan fingerprint density at radius 2 is 1.93 bits per heavy atom. The summed E-state index contributed by atoms with van der Waals surface area (Å²) in [7, 11) is 0. The molecule has 0 spiro atoms. The minimum Gasteiger partial charge on any atom is -0.355 e. The Bertz CT molecular complexity index is 944. The first-order chi connectivity index (χ1) is 13.0. The maximum Gasteiger partial charge on any atom is 0.232 e. The first-order valence-corrected chi connectivity index (χ1v) is 8.76. The average molecular weight is 367 g/mol. The number of carbonyl (C=O) groups excluding carboxylic acids is 3. The summed E-state index contributed by atoms with van der Waals surface area (Å²) in [6.45, 7) is 0.581. The number of benzene rings is 2. The fourth-order valence-corrected chi connectivity index (χ4v) is 3.61. The summed E-state index contributed by atoms with van der Waals surface area (Å²) in [6.07, 6.45) is 0.435. The van der Waals surface area contributed by atoms with Crippen LogP contribution in [0.15, 0.2) is 42.5 Å². The molecule has 2 unspecified atom stereocenters.